The number of anilines is 2. The van der Waals surface area contributed by atoms with E-state index in [0.717, 1.165) is 5.56 Å². The maximum absolute atomic E-state index is 12.4. The molecule has 128 valence electrons. The standard InChI is InChI=1S/C17H20N2O4S/c1-17(2,3)12-4-10-15(11-5-12)24(22,23)19-14-8-6-13(7-9-14)18-16(20)21/h4-11,18-19H,1-3H3,(H,20,21). The average Bonchev–Trinajstić information content (AvgIpc) is 2.48. The lowest BCUT2D eigenvalue weighted by Gasteiger charge is -2.19. The largest absolute Gasteiger partial charge is 0.465 e. The van der Waals surface area contributed by atoms with Gasteiger partial charge >= 0.3 is 6.09 Å². The van der Waals surface area contributed by atoms with Gasteiger partial charge in [-0.3, -0.25) is 10.0 Å². The van der Waals surface area contributed by atoms with Crippen LogP contribution in [0.5, 0.6) is 0 Å². The van der Waals surface area contributed by atoms with E-state index in [2.05, 4.69) is 30.8 Å². The molecule has 0 spiro atoms. The van der Waals surface area contributed by atoms with Gasteiger partial charge in [-0.2, -0.15) is 0 Å². The van der Waals surface area contributed by atoms with E-state index in [1.165, 1.54) is 24.3 Å². The first-order valence-electron chi connectivity index (χ1n) is 7.31. The summed E-state index contributed by atoms with van der Waals surface area (Å²) in [7, 11) is -3.70. The number of amides is 1. The summed E-state index contributed by atoms with van der Waals surface area (Å²) in [6, 6.07) is 12.7. The molecule has 0 fully saturated rings. The van der Waals surface area contributed by atoms with Crippen molar-refractivity contribution in [2.45, 2.75) is 31.1 Å². The minimum absolute atomic E-state index is 0.0529. The van der Waals surface area contributed by atoms with Crippen molar-refractivity contribution in [1.82, 2.24) is 0 Å². The summed E-state index contributed by atoms with van der Waals surface area (Å²) in [5.74, 6) is 0. The molecule has 24 heavy (non-hydrogen) atoms. The minimum Gasteiger partial charge on any atom is -0.465 e. The molecule has 3 N–H and O–H groups in total. The van der Waals surface area contributed by atoms with Gasteiger partial charge < -0.3 is 5.11 Å². The van der Waals surface area contributed by atoms with E-state index >= 15 is 0 Å². The van der Waals surface area contributed by atoms with Crippen LogP contribution in [-0.2, 0) is 15.4 Å². The Morgan fingerprint density at radius 2 is 1.42 bits per heavy atom. The second kappa shape index (κ2) is 6.52. The Bertz CT molecular complexity index is 820. The van der Waals surface area contributed by atoms with Crippen molar-refractivity contribution in [1.29, 1.82) is 0 Å². The molecule has 2 aromatic carbocycles. The Morgan fingerprint density at radius 3 is 1.88 bits per heavy atom. The molecule has 0 atom stereocenters. The second-order valence-electron chi connectivity index (χ2n) is 6.39. The molecule has 7 heteroatoms. The SMILES string of the molecule is CC(C)(C)c1ccc(S(=O)(=O)Nc2ccc(NC(=O)O)cc2)cc1. The zero-order valence-electron chi connectivity index (χ0n) is 13.7. The number of carboxylic acid groups (broad SMARTS) is 1. The zero-order chi connectivity index (χ0) is 18.0. The summed E-state index contributed by atoms with van der Waals surface area (Å²) >= 11 is 0. The quantitative estimate of drug-likeness (QED) is 0.781. The first-order valence-corrected chi connectivity index (χ1v) is 8.80. The Balaban J connectivity index is 2.17. The second-order valence-corrected chi connectivity index (χ2v) is 8.07. The van der Waals surface area contributed by atoms with Gasteiger partial charge in [0.2, 0.25) is 0 Å². The fourth-order valence-electron chi connectivity index (χ4n) is 2.09. The smallest absolute Gasteiger partial charge is 0.409 e. The van der Waals surface area contributed by atoms with Crippen molar-refractivity contribution < 1.29 is 18.3 Å². The third kappa shape index (κ3) is 4.48. The van der Waals surface area contributed by atoms with Crippen LogP contribution in [0.15, 0.2) is 53.4 Å². The monoisotopic (exact) mass is 348 g/mol. The van der Waals surface area contributed by atoms with Gasteiger partial charge in [-0.15, -0.1) is 0 Å². The van der Waals surface area contributed by atoms with Crippen molar-refractivity contribution in [2.24, 2.45) is 0 Å². The normalized spacial score (nSPS) is 11.8. The van der Waals surface area contributed by atoms with Crippen molar-refractivity contribution in [3.63, 3.8) is 0 Å². The average molecular weight is 348 g/mol. The highest BCUT2D eigenvalue weighted by atomic mass is 32.2. The molecule has 0 saturated heterocycles. The summed E-state index contributed by atoms with van der Waals surface area (Å²) in [6.45, 7) is 6.17. The van der Waals surface area contributed by atoms with Crippen LogP contribution in [0.25, 0.3) is 0 Å². The lowest BCUT2D eigenvalue weighted by atomic mass is 9.87. The van der Waals surface area contributed by atoms with Gasteiger partial charge in [-0.1, -0.05) is 32.9 Å². The maximum Gasteiger partial charge on any atom is 0.409 e. The van der Waals surface area contributed by atoms with Gasteiger partial charge in [0.1, 0.15) is 0 Å². The fraction of sp³-hybridized carbons (Fsp3) is 0.235. The highest BCUT2D eigenvalue weighted by Crippen LogP contribution is 2.24. The van der Waals surface area contributed by atoms with Crippen LogP contribution >= 0.6 is 0 Å². The highest BCUT2D eigenvalue weighted by Gasteiger charge is 2.17. The molecule has 2 rings (SSSR count). The van der Waals surface area contributed by atoms with Crippen molar-refractivity contribution >= 4 is 27.5 Å². The number of hydrogen-bond donors (Lipinski definition) is 3. The summed E-state index contributed by atoms with van der Waals surface area (Å²) < 4.78 is 27.3. The highest BCUT2D eigenvalue weighted by molar-refractivity contribution is 7.92. The molecule has 0 aromatic heterocycles. The number of carbonyl (C=O) groups is 1. The van der Waals surface area contributed by atoms with Gasteiger partial charge in [-0.25, -0.2) is 13.2 Å². The van der Waals surface area contributed by atoms with Crippen LogP contribution in [0.4, 0.5) is 16.2 Å². The zero-order valence-corrected chi connectivity index (χ0v) is 14.5. The summed E-state index contributed by atoms with van der Waals surface area (Å²) in [5.41, 5.74) is 1.71. The summed E-state index contributed by atoms with van der Waals surface area (Å²) in [5, 5.41) is 10.8. The molecule has 0 aliphatic heterocycles. The number of nitrogens with one attached hydrogen (secondary N) is 2. The molecule has 0 aliphatic carbocycles. The maximum atomic E-state index is 12.4. The number of hydrogen-bond acceptors (Lipinski definition) is 3. The lowest BCUT2D eigenvalue weighted by molar-refractivity contribution is 0.209. The van der Waals surface area contributed by atoms with Crippen LogP contribution in [0.3, 0.4) is 0 Å². The third-order valence-corrected chi connectivity index (χ3v) is 4.82. The van der Waals surface area contributed by atoms with E-state index in [1.807, 2.05) is 0 Å². The molecule has 6 nitrogen and oxygen atoms in total. The molecule has 0 unspecified atom stereocenters. The predicted molar refractivity (Wildman–Crippen MR) is 94.0 cm³/mol. The Hall–Kier alpha value is -2.54. The van der Waals surface area contributed by atoms with Crippen LogP contribution in [0.2, 0.25) is 0 Å². The number of sulfonamides is 1. The summed E-state index contributed by atoms with van der Waals surface area (Å²) in [4.78, 5) is 10.7. The van der Waals surface area contributed by atoms with Crippen molar-refractivity contribution in [3.05, 3.63) is 54.1 Å². The number of benzene rings is 2. The fourth-order valence-corrected chi connectivity index (χ4v) is 3.15. The molecular weight excluding hydrogens is 328 g/mol. The first-order chi connectivity index (χ1) is 11.1. The molecule has 0 aliphatic rings. The van der Waals surface area contributed by atoms with Gasteiger partial charge in [0, 0.05) is 11.4 Å². The van der Waals surface area contributed by atoms with E-state index in [4.69, 9.17) is 5.11 Å². The molecule has 0 radical (unpaired) electrons. The van der Waals surface area contributed by atoms with Crippen molar-refractivity contribution in [3.8, 4) is 0 Å². The third-order valence-electron chi connectivity index (χ3n) is 3.42. The van der Waals surface area contributed by atoms with Crippen LogP contribution in [0.1, 0.15) is 26.3 Å². The van der Waals surface area contributed by atoms with E-state index in [1.54, 1.807) is 24.3 Å². The molecule has 2 aromatic rings. The summed E-state index contributed by atoms with van der Waals surface area (Å²) in [6.07, 6.45) is -1.18. The van der Waals surface area contributed by atoms with E-state index < -0.39 is 16.1 Å². The van der Waals surface area contributed by atoms with Gasteiger partial charge in [0.25, 0.3) is 10.0 Å². The van der Waals surface area contributed by atoms with Gasteiger partial charge in [-0.05, 0) is 47.4 Å². The Morgan fingerprint density at radius 1 is 0.917 bits per heavy atom. The molecule has 0 saturated carbocycles. The predicted octanol–water partition coefficient (Wildman–Crippen LogP) is 3.87. The van der Waals surface area contributed by atoms with E-state index in [-0.39, 0.29) is 10.3 Å². The van der Waals surface area contributed by atoms with E-state index in [9.17, 15) is 13.2 Å². The first kappa shape index (κ1) is 17.8. The van der Waals surface area contributed by atoms with Crippen molar-refractivity contribution in [2.75, 3.05) is 10.0 Å². The van der Waals surface area contributed by atoms with E-state index in [0.29, 0.717) is 11.4 Å². The van der Waals surface area contributed by atoms with Crippen LogP contribution < -0.4 is 10.0 Å². The Labute approximate surface area is 141 Å². The van der Waals surface area contributed by atoms with Crippen LogP contribution in [0, 0.1) is 0 Å². The Kier molecular flexibility index (Phi) is 4.84. The van der Waals surface area contributed by atoms with Gasteiger partial charge in [0.15, 0.2) is 0 Å². The van der Waals surface area contributed by atoms with Crippen LogP contribution in [-0.4, -0.2) is 19.6 Å². The lowest BCUT2D eigenvalue weighted by Crippen LogP contribution is -2.15. The topological polar surface area (TPSA) is 95.5 Å². The molecule has 0 heterocycles. The minimum atomic E-state index is -3.70. The molecule has 1 amide bonds. The molecule has 0 bridgehead atoms. The number of rotatable bonds is 4. The van der Waals surface area contributed by atoms with Gasteiger partial charge in [0.05, 0.1) is 4.90 Å². The molecular formula is C17H20N2O4S.